The minimum absolute atomic E-state index is 0.358. The smallest absolute Gasteiger partial charge is 0.186 e. The van der Waals surface area contributed by atoms with Gasteiger partial charge in [0.05, 0.1) is 19.8 Å². The molecule has 6 atom stereocenters. The molecule has 2 fully saturated rings. The van der Waals surface area contributed by atoms with Crippen LogP contribution >= 0.6 is 0 Å². The van der Waals surface area contributed by atoms with E-state index in [2.05, 4.69) is 72.8 Å². The quantitative estimate of drug-likeness (QED) is 0.204. The van der Waals surface area contributed by atoms with Crippen molar-refractivity contribution in [3.8, 4) is 0 Å². The van der Waals surface area contributed by atoms with Crippen LogP contribution in [-0.2, 0) is 41.6 Å². The first-order valence-electron chi connectivity index (χ1n) is 14.4. The van der Waals surface area contributed by atoms with Gasteiger partial charge in [-0.1, -0.05) is 103 Å². The van der Waals surface area contributed by atoms with Crippen LogP contribution < -0.4 is 0 Å². The average Bonchev–Trinajstić information content (AvgIpc) is 3.06. The molecule has 0 aliphatic carbocycles. The van der Waals surface area contributed by atoms with Crippen molar-refractivity contribution in [2.24, 2.45) is 0 Å². The van der Waals surface area contributed by atoms with E-state index in [9.17, 15) is 0 Å². The highest BCUT2D eigenvalue weighted by Gasteiger charge is 2.51. The van der Waals surface area contributed by atoms with E-state index >= 15 is 0 Å². The molecule has 2 saturated heterocycles. The van der Waals surface area contributed by atoms with Crippen LogP contribution in [0.1, 0.15) is 23.0 Å². The minimum Gasteiger partial charge on any atom is -0.368 e. The third kappa shape index (κ3) is 5.70. The molecule has 5 aromatic carbocycles. The highest BCUT2D eigenvalue weighted by Crippen LogP contribution is 2.37. The molecule has 0 amide bonds. The summed E-state index contributed by atoms with van der Waals surface area (Å²) in [6.45, 7) is 1.13. The van der Waals surface area contributed by atoms with Gasteiger partial charge < -0.3 is 28.4 Å². The molecule has 214 valence electrons. The van der Waals surface area contributed by atoms with Gasteiger partial charge in [-0.05, 0) is 44.8 Å². The molecular formula is C36H34O6. The zero-order chi connectivity index (χ0) is 28.3. The number of ether oxygens (including phenoxy) is 6. The first-order chi connectivity index (χ1) is 20.7. The topological polar surface area (TPSA) is 55.4 Å². The standard InChI is InChI=1S/C36H34O6/c1-37-36-34(39-22-25-16-18-27-10-6-8-14-30(27)20-25)33(38-21-24-15-17-26-9-5-7-13-29(26)19-24)32-31(41-36)23-40-35(42-32)28-11-3-2-4-12-28/h2-20,31-36H,21-23H2,1H3/t31-,32-,33+,34-,35?,36+/m1/s1. The van der Waals surface area contributed by atoms with Gasteiger partial charge in [-0.3, -0.25) is 0 Å². The van der Waals surface area contributed by atoms with Crippen LogP contribution in [0, 0.1) is 0 Å². The second-order valence-corrected chi connectivity index (χ2v) is 10.9. The lowest BCUT2D eigenvalue weighted by atomic mass is 9.97. The fourth-order valence-electron chi connectivity index (χ4n) is 5.92. The van der Waals surface area contributed by atoms with Gasteiger partial charge in [-0.2, -0.15) is 0 Å². The molecule has 0 bridgehead atoms. The summed E-state index contributed by atoms with van der Waals surface area (Å²) in [5, 5.41) is 4.74. The van der Waals surface area contributed by atoms with Crippen molar-refractivity contribution in [2.75, 3.05) is 13.7 Å². The summed E-state index contributed by atoms with van der Waals surface area (Å²) in [5.41, 5.74) is 3.09. The molecule has 6 nitrogen and oxygen atoms in total. The Morgan fingerprint density at radius 2 is 1.19 bits per heavy atom. The van der Waals surface area contributed by atoms with E-state index in [-0.39, 0.29) is 6.10 Å². The minimum atomic E-state index is -0.645. The molecule has 2 aliphatic rings. The van der Waals surface area contributed by atoms with Gasteiger partial charge in [0.25, 0.3) is 0 Å². The van der Waals surface area contributed by atoms with Crippen molar-refractivity contribution in [3.05, 3.63) is 132 Å². The second kappa shape index (κ2) is 12.3. The molecule has 0 radical (unpaired) electrons. The lowest BCUT2D eigenvalue weighted by molar-refractivity contribution is -0.369. The van der Waals surface area contributed by atoms with E-state index in [1.165, 1.54) is 21.5 Å². The average molecular weight is 563 g/mol. The molecule has 7 rings (SSSR count). The predicted molar refractivity (Wildman–Crippen MR) is 161 cm³/mol. The summed E-state index contributed by atoms with van der Waals surface area (Å²) in [4.78, 5) is 0. The molecule has 6 heteroatoms. The van der Waals surface area contributed by atoms with Crippen molar-refractivity contribution in [3.63, 3.8) is 0 Å². The Morgan fingerprint density at radius 1 is 0.619 bits per heavy atom. The van der Waals surface area contributed by atoms with Crippen molar-refractivity contribution >= 4 is 21.5 Å². The van der Waals surface area contributed by atoms with Crippen LogP contribution in [0.2, 0.25) is 0 Å². The molecule has 0 saturated carbocycles. The number of hydrogen-bond donors (Lipinski definition) is 0. The third-order valence-corrected chi connectivity index (χ3v) is 8.10. The van der Waals surface area contributed by atoms with E-state index in [0.29, 0.717) is 19.8 Å². The number of methoxy groups -OCH3 is 1. The molecule has 0 N–H and O–H groups in total. The van der Waals surface area contributed by atoms with Crippen LogP contribution in [0.15, 0.2) is 115 Å². The molecule has 2 aliphatic heterocycles. The van der Waals surface area contributed by atoms with Gasteiger partial charge in [-0.15, -0.1) is 0 Å². The van der Waals surface area contributed by atoms with E-state index in [1.54, 1.807) is 7.11 Å². The van der Waals surface area contributed by atoms with E-state index < -0.39 is 30.9 Å². The highest BCUT2D eigenvalue weighted by atomic mass is 16.8. The molecule has 42 heavy (non-hydrogen) atoms. The summed E-state index contributed by atoms with van der Waals surface area (Å²) < 4.78 is 38.1. The lowest BCUT2D eigenvalue weighted by Gasteiger charge is -2.48. The van der Waals surface area contributed by atoms with Gasteiger partial charge in [0.15, 0.2) is 12.6 Å². The first kappa shape index (κ1) is 27.2. The maximum Gasteiger partial charge on any atom is 0.186 e. The summed E-state index contributed by atoms with van der Waals surface area (Å²) in [5.74, 6) is 0. The Kier molecular flexibility index (Phi) is 7.98. The molecular weight excluding hydrogens is 528 g/mol. The Labute approximate surface area is 245 Å². The number of hydrogen-bond acceptors (Lipinski definition) is 6. The SMILES string of the molecule is CO[C@H]1O[C@@H]2COC(c3ccccc3)O[C@H]2[C@H](OCc2ccc3ccccc3c2)[C@H]1OCc1ccc2ccccc2c1. The molecule has 0 aromatic heterocycles. The van der Waals surface area contributed by atoms with Crippen molar-refractivity contribution in [1.82, 2.24) is 0 Å². The normalized spacial score (nSPS) is 25.8. The summed E-state index contributed by atoms with van der Waals surface area (Å²) >= 11 is 0. The van der Waals surface area contributed by atoms with Gasteiger partial charge in [-0.25, -0.2) is 0 Å². The van der Waals surface area contributed by atoms with Gasteiger partial charge in [0.2, 0.25) is 0 Å². The van der Waals surface area contributed by atoms with Crippen LogP contribution in [0.3, 0.4) is 0 Å². The molecule has 5 aromatic rings. The zero-order valence-corrected chi connectivity index (χ0v) is 23.5. The van der Waals surface area contributed by atoms with Crippen LogP contribution in [0.4, 0.5) is 0 Å². The monoisotopic (exact) mass is 562 g/mol. The van der Waals surface area contributed by atoms with Crippen LogP contribution in [0.25, 0.3) is 21.5 Å². The molecule has 0 spiro atoms. The van der Waals surface area contributed by atoms with E-state index in [4.69, 9.17) is 28.4 Å². The van der Waals surface area contributed by atoms with Crippen molar-refractivity contribution in [2.45, 2.75) is 50.2 Å². The van der Waals surface area contributed by atoms with Gasteiger partial charge >= 0.3 is 0 Å². The Morgan fingerprint density at radius 3 is 1.81 bits per heavy atom. The fraction of sp³-hybridized carbons (Fsp3) is 0.278. The number of benzene rings is 5. The van der Waals surface area contributed by atoms with E-state index in [0.717, 1.165) is 16.7 Å². The van der Waals surface area contributed by atoms with Gasteiger partial charge in [0, 0.05) is 12.7 Å². The molecule has 2 heterocycles. The van der Waals surface area contributed by atoms with Crippen LogP contribution in [-0.4, -0.2) is 44.4 Å². The number of rotatable bonds is 8. The summed E-state index contributed by atoms with van der Waals surface area (Å²) in [6, 6.07) is 39.4. The largest absolute Gasteiger partial charge is 0.368 e. The summed E-state index contributed by atoms with van der Waals surface area (Å²) in [7, 11) is 1.63. The summed E-state index contributed by atoms with van der Waals surface area (Å²) in [6.07, 6.45) is -2.94. The predicted octanol–water partition coefficient (Wildman–Crippen LogP) is 6.95. The fourth-order valence-corrected chi connectivity index (χ4v) is 5.92. The third-order valence-electron chi connectivity index (χ3n) is 8.10. The molecule has 1 unspecified atom stereocenters. The van der Waals surface area contributed by atoms with Gasteiger partial charge in [0.1, 0.15) is 24.4 Å². The number of fused-ring (bicyclic) bond motifs is 3. The zero-order valence-electron chi connectivity index (χ0n) is 23.5. The van der Waals surface area contributed by atoms with Crippen LogP contribution in [0.5, 0.6) is 0 Å². The Hall–Kier alpha value is -3.62. The van der Waals surface area contributed by atoms with Crippen molar-refractivity contribution < 1.29 is 28.4 Å². The highest BCUT2D eigenvalue weighted by molar-refractivity contribution is 5.83. The van der Waals surface area contributed by atoms with Crippen molar-refractivity contribution in [1.29, 1.82) is 0 Å². The Balaban J connectivity index is 1.16. The maximum absolute atomic E-state index is 6.71. The van der Waals surface area contributed by atoms with E-state index in [1.807, 2.05) is 42.5 Å². The Bertz CT molecular complexity index is 1640. The lowest BCUT2D eigenvalue weighted by Crippen LogP contribution is -2.63. The maximum atomic E-state index is 6.71. The second-order valence-electron chi connectivity index (χ2n) is 10.9. The first-order valence-corrected chi connectivity index (χ1v) is 14.4.